The van der Waals surface area contributed by atoms with Gasteiger partial charge in [0.05, 0.1) is 26.4 Å². The molecule has 0 aromatic rings. The molecule has 0 aliphatic heterocycles. The van der Waals surface area contributed by atoms with Crippen LogP contribution in [0.3, 0.4) is 0 Å². The van der Waals surface area contributed by atoms with Crippen molar-refractivity contribution in [3.8, 4) is 0 Å². The number of ether oxygens (including phenoxy) is 3. The third kappa shape index (κ3) is 87.3. The summed E-state index contributed by atoms with van der Waals surface area (Å²) in [6.45, 7) is 2.41. The lowest BCUT2D eigenvalue weighted by Gasteiger charge is -2.21. The molecule has 0 heterocycles. The molecule has 5 atom stereocenters. The predicted octanol–water partition coefficient (Wildman–Crippen LogP) is 26.9. The van der Waals surface area contributed by atoms with Crippen LogP contribution >= 0.6 is 15.6 Å². The molecule has 0 amide bonds. The first-order chi connectivity index (χ1) is 55.2. The molecule has 0 aromatic heterocycles. The number of aliphatic hydroxyl groups is 2. The second kappa shape index (κ2) is 86.0. The lowest BCUT2D eigenvalue weighted by atomic mass is 10.0. The highest BCUT2D eigenvalue weighted by atomic mass is 31.2. The van der Waals surface area contributed by atoms with Gasteiger partial charge in [-0.15, -0.1) is 0 Å². The number of allylic oxidation sites excluding steroid dienone is 30. The van der Waals surface area contributed by atoms with Gasteiger partial charge >= 0.3 is 33.6 Å². The summed E-state index contributed by atoms with van der Waals surface area (Å²) in [7, 11) is -9.83. The molecule has 0 spiro atoms. The average Bonchev–Trinajstić information content (AvgIpc) is 0.902. The minimum atomic E-state index is -4.95. The van der Waals surface area contributed by atoms with Gasteiger partial charge < -0.3 is 34.2 Å². The first kappa shape index (κ1) is 108. The zero-order chi connectivity index (χ0) is 82.2. The van der Waals surface area contributed by atoms with Gasteiger partial charge in [0.25, 0.3) is 0 Å². The number of esters is 3. The van der Waals surface area contributed by atoms with E-state index < -0.39 is 91.5 Å². The number of rotatable bonds is 82. The predicted molar refractivity (Wildman–Crippen MR) is 472 cm³/mol. The molecule has 16 nitrogen and oxygen atoms in total. The highest BCUT2D eigenvalue weighted by Crippen LogP contribution is 2.45. The van der Waals surface area contributed by atoms with Gasteiger partial charge in [-0.2, -0.15) is 0 Å². The van der Waals surface area contributed by atoms with E-state index in [0.29, 0.717) is 19.3 Å². The van der Waals surface area contributed by atoms with Crippen molar-refractivity contribution < 1.29 is 75.8 Å². The van der Waals surface area contributed by atoms with E-state index in [1.165, 1.54) is 109 Å². The summed E-state index contributed by atoms with van der Waals surface area (Å²) < 4.78 is 61.4. The van der Waals surface area contributed by atoms with Gasteiger partial charge in [-0.05, 0) is 161 Å². The number of carbonyl (C=O) groups is 3. The van der Waals surface area contributed by atoms with Crippen LogP contribution in [-0.4, -0.2) is 95.9 Å². The van der Waals surface area contributed by atoms with E-state index in [9.17, 15) is 43.5 Å². The number of carbonyl (C=O) groups excluding carboxylic acids is 3. The first-order valence-electron chi connectivity index (χ1n) is 44.1. The van der Waals surface area contributed by atoms with Gasteiger partial charge in [-0.25, -0.2) is 9.13 Å². The summed E-state index contributed by atoms with van der Waals surface area (Å²) in [6.07, 6.45) is 112. The minimum Gasteiger partial charge on any atom is -0.463 e. The molecule has 0 aliphatic carbocycles. The van der Waals surface area contributed by atoms with Crippen LogP contribution in [0, 0.1) is 0 Å². The molecule has 0 radical (unpaired) electrons. The number of phosphoric acid groups is 2. The SMILES string of the molecule is CC/C=C\C/C=C\C/C=C\C/C=C\C/C=C\C/C=C\CCCCCCC(=O)OC(COC(=O)CCCCCCCCCCC/C=C\C/C=C\C/C=C\C/C=C\CCCCC)COP(=O)(O)OCC(O)COP(=O)(O)OCC(O)COC(=O)CCCCCCCCCCCCCCC/C=C\C/C=C\C/C=C\C/C=C\C/C=C\CC. The van der Waals surface area contributed by atoms with Gasteiger partial charge in [-0.1, -0.05) is 344 Å². The topological polar surface area (TPSA) is 231 Å². The largest absolute Gasteiger partial charge is 0.472 e. The molecular formula is C95H158O16P2. The number of hydrogen-bond acceptors (Lipinski definition) is 14. The van der Waals surface area contributed by atoms with Gasteiger partial charge in [0.1, 0.15) is 25.4 Å². The average molecular weight is 1620 g/mol. The quantitative estimate of drug-likeness (QED) is 0.0146. The van der Waals surface area contributed by atoms with Crippen molar-refractivity contribution in [2.75, 3.05) is 39.6 Å². The van der Waals surface area contributed by atoms with Crippen LogP contribution in [0.15, 0.2) is 182 Å². The molecule has 113 heavy (non-hydrogen) atoms. The molecule has 0 bridgehead atoms. The molecule has 5 unspecified atom stereocenters. The Hall–Kier alpha value is -5.35. The second-order valence-electron chi connectivity index (χ2n) is 28.9. The molecule has 0 aromatic carbocycles. The van der Waals surface area contributed by atoms with Crippen LogP contribution in [0.1, 0.15) is 342 Å². The summed E-state index contributed by atoms with van der Waals surface area (Å²) in [5.41, 5.74) is 0. The lowest BCUT2D eigenvalue weighted by Crippen LogP contribution is -2.30. The van der Waals surface area contributed by atoms with Crippen molar-refractivity contribution in [2.24, 2.45) is 0 Å². The second-order valence-corrected chi connectivity index (χ2v) is 31.8. The number of hydrogen-bond donors (Lipinski definition) is 4. The Kier molecular flexibility index (Phi) is 81.9. The summed E-state index contributed by atoms with van der Waals surface area (Å²) in [5.74, 6) is -1.61. The Balaban J connectivity index is 4.68. The van der Waals surface area contributed by atoms with Crippen molar-refractivity contribution >= 4 is 33.6 Å². The molecule has 0 aliphatic rings. The Morgan fingerprint density at radius 3 is 0.743 bits per heavy atom. The number of phosphoric ester groups is 2. The van der Waals surface area contributed by atoms with Crippen molar-refractivity contribution in [2.45, 2.75) is 360 Å². The zero-order valence-corrected chi connectivity index (χ0v) is 72.5. The van der Waals surface area contributed by atoms with Crippen LogP contribution in [0.25, 0.3) is 0 Å². The summed E-state index contributed by atoms with van der Waals surface area (Å²) in [5, 5.41) is 20.7. The molecule has 644 valence electrons. The maximum absolute atomic E-state index is 13.1. The molecule has 0 rings (SSSR count). The van der Waals surface area contributed by atoms with Gasteiger partial charge in [0.15, 0.2) is 6.10 Å². The maximum Gasteiger partial charge on any atom is 0.472 e. The number of unbranched alkanes of at least 4 members (excludes halogenated alkanes) is 29. The first-order valence-corrected chi connectivity index (χ1v) is 47.1. The Bertz CT molecular complexity index is 2780. The van der Waals surface area contributed by atoms with Crippen LogP contribution in [0.4, 0.5) is 0 Å². The summed E-state index contributed by atoms with van der Waals surface area (Å²) in [6, 6.07) is 0. The van der Waals surface area contributed by atoms with E-state index in [4.69, 9.17) is 32.3 Å². The molecule has 0 saturated heterocycles. The fourth-order valence-corrected chi connectivity index (χ4v) is 13.1. The van der Waals surface area contributed by atoms with Crippen molar-refractivity contribution in [3.63, 3.8) is 0 Å². The van der Waals surface area contributed by atoms with Crippen molar-refractivity contribution in [3.05, 3.63) is 182 Å². The number of aliphatic hydroxyl groups excluding tert-OH is 2. The fraction of sp³-hybridized carbons (Fsp3) is 0.653. The standard InChI is InChI=1S/C95H158O16P2/c1-4-7-10-13-16-19-22-25-28-31-34-37-40-42-43-44-45-47-50-51-54-57-60-63-66-69-72-75-78-81-93(98)105-84-90(96)85-107-112(101,102)108-86-91(97)87-109-113(103,104)110-89-92(111-95(100)83-80-77-74-71-68-65-62-59-56-53-48-39-36-33-30-27-24-21-18-15-12-9-6-3)88-106-94(99)82-79-76-73-70-67-64-61-58-55-52-49-46-41-38-35-32-29-26-23-20-17-14-11-8-5-2/h7,9-10,12,16-21,25-30,34-39,42-43,46,49,53,56,62,65,90-92,96-97H,4-6,8,11,13-15,22-24,31-33,40-41,44-45,47-48,50-52,54-55,57-61,63-64,66-89H2,1-3H3,(H,101,102)(H,103,104)/b10-7-,12-9-,19-16-,20-17-,21-18-,28-25-,29-26-,30-27-,37-34-,38-35-,39-36-,43-42-,49-46-,56-53-,65-62-. The van der Waals surface area contributed by atoms with Gasteiger partial charge in [0, 0.05) is 19.3 Å². The molecule has 4 N–H and O–H groups in total. The van der Waals surface area contributed by atoms with Crippen LogP contribution < -0.4 is 0 Å². The fourth-order valence-electron chi connectivity index (χ4n) is 11.5. The van der Waals surface area contributed by atoms with Gasteiger partial charge in [-0.3, -0.25) is 32.5 Å². The lowest BCUT2D eigenvalue weighted by molar-refractivity contribution is -0.161. The Morgan fingerprint density at radius 1 is 0.257 bits per heavy atom. The minimum absolute atomic E-state index is 0.0670. The Labute approximate surface area is 687 Å². The third-order valence-electron chi connectivity index (χ3n) is 18.1. The van der Waals surface area contributed by atoms with E-state index in [-0.39, 0.29) is 19.3 Å². The third-order valence-corrected chi connectivity index (χ3v) is 20.0. The van der Waals surface area contributed by atoms with Crippen molar-refractivity contribution in [1.82, 2.24) is 0 Å². The monoisotopic (exact) mass is 1620 g/mol. The normalized spacial score (nSPS) is 14.7. The maximum atomic E-state index is 13.1. The van der Waals surface area contributed by atoms with Crippen LogP contribution in [0.2, 0.25) is 0 Å². The van der Waals surface area contributed by atoms with E-state index in [1.807, 2.05) is 0 Å². The molecular weight excluding hydrogens is 1460 g/mol. The zero-order valence-electron chi connectivity index (χ0n) is 70.7. The summed E-state index contributed by atoms with van der Waals surface area (Å²) >= 11 is 0. The van der Waals surface area contributed by atoms with Gasteiger partial charge in [0.2, 0.25) is 0 Å². The van der Waals surface area contributed by atoms with Crippen LogP contribution in [-0.2, 0) is 55.8 Å². The molecule has 0 saturated carbocycles. The van der Waals surface area contributed by atoms with Crippen LogP contribution in [0.5, 0.6) is 0 Å². The molecule has 0 fully saturated rings. The summed E-state index contributed by atoms with van der Waals surface area (Å²) in [4.78, 5) is 58.9. The van der Waals surface area contributed by atoms with E-state index >= 15 is 0 Å². The van der Waals surface area contributed by atoms with E-state index in [2.05, 4.69) is 203 Å². The highest BCUT2D eigenvalue weighted by molar-refractivity contribution is 7.47. The van der Waals surface area contributed by atoms with E-state index in [1.54, 1.807) is 0 Å². The van der Waals surface area contributed by atoms with Crippen molar-refractivity contribution in [1.29, 1.82) is 0 Å². The van der Waals surface area contributed by atoms with E-state index in [0.717, 1.165) is 173 Å². The highest BCUT2D eigenvalue weighted by Gasteiger charge is 2.29. The molecule has 18 heteroatoms. The Morgan fingerprint density at radius 2 is 0.469 bits per heavy atom. The smallest absolute Gasteiger partial charge is 0.463 e.